The first kappa shape index (κ1) is 17.8. The highest BCUT2D eigenvalue weighted by Gasteiger charge is 2.28. The Labute approximate surface area is 139 Å². The summed E-state index contributed by atoms with van der Waals surface area (Å²) in [6.07, 6.45) is 6.14. The number of aryl methyl sites for hydroxylation is 3. The molecule has 0 heterocycles. The molecule has 0 saturated heterocycles. The summed E-state index contributed by atoms with van der Waals surface area (Å²) in [5.41, 5.74) is 5.19. The topological polar surface area (TPSA) is 29.5 Å². The van der Waals surface area contributed by atoms with Gasteiger partial charge < -0.3 is 9.84 Å². The van der Waals surface area contributed by atoms with Gasteiger partial charge in [0.2, 0.25) is 0 Å². The minimum Gasteiger partial charge on any atom is -0.389 e. The number of methoxy groups -OCH3 is 1. The van der Waals surface area contributed by atoms with Gasteiger partial charge in [-0.3, -0.25) is 0 Å². The van der Waals surface area contributed by atoms with Crippen LogP contribution in [0.3, 0.4) is 0 Å². The lowest BCUT2D eigenvalue weighted by atomic mass is 9.95. The minimum absolute atomic E-state index is 0.114. The molecule has 0 aromatic heterocycles. The summed E-state index contributed by atoms with van der Waals surface area (Å²) in [5, 5.41) is 11.5. The Bertz CT molecular complexity index is 457. The van der Waals surface area contributed by atoms with Gasteiger partial charge in [-0.05, 0) is 50.3 Å². The van der Waals surface area contributed by atoms with Crippen LogP contribution in [0.15, 0.2) is 12.1 Å². The van der Waals surface area contributed by atoms with Crippen LogP contribution in [0.1, 0.15) is 59.6 Å². The van der Waals surface area contributed by atoms with E-state index in [4.69, 9.17) is 4.74 Å². The Kier molecular flexibility index (Phi) is 6.79. The van der Waals surface area contributed by atoms with Crippen molar-refractivity contribution in [3.05, 3.63) is 34.4 Å². The van der Waals surface area contributed by atoms with Crippen LogP contribution in [0.4, 0.5) is 0 Å². The van der Waals surface area contributed by atoms with E-state index in [1.54, 1.807) is 7.11 Å². The number of aliphatic hydroxyl groups excluding tert-OH is 1. The molecule has 3 heteroatoms. The fourth-order valence-corrected chi connectivity index (χ4v) is 5.45. The van der Waals surface area contributed by atoms with E-state index in [2.05, 4.69) is 32.9 Å². The smallest absolute Gasteiger partial charge is 0.0932 e. The summed E-state index contributed by atoms with van der Waals surface area (Å²) in [6.45, 7) is 6.88. The van der Waals surface area contributed by atoms with Gasteiger partial charge in [-0.15, -0.1) is 11.8 Å². The van der Waals surface area contributed by atoms with Crippen molar-refractivity contribution in [3.63, 3.8) is 0 Å². The Balaban J connectivity index is 2.27. The third kappa shape index (κ3) is 4.50. The van der Waals surface area contributed by atoms with E-state index < -0.39 is 6.10 Å². The first-order valence-electron chi connectivity index (χ1n) is 8.43. The molecule has 1 fully saturated rings. The summed E-state index contributed by atoms with van der Waals surface area (Å²) in [7, 11) is 1.67. The number of aliphatic hydroxyl groups is 1. The molecule has 22 heavy (non-hydrogen) atoms. The quantitative estimate of drug-likeness (QED) is 0.821. The lowest BCUT2D eigenvalue weighted by Gasteiger charge is -2.31. The molecule has 1 N–H and O–H groups in total. The average molecular weight is 323 g/mol. The van der Waals surface area contributed by atoms with Gasteiger partial charge in [0.15, 0.2) is 0 Å². The summed E-state index contributed by atoms with van der Waals surface area (Å²) in [4.78, 5) is 0. The maximum absolute atomic E-state index is 10.7. The maximum atomic E-state index is 10.7. The number of ether oxygens (including phenoxy) is 1. The van der Waals surface area contributed by atoms with Gasteiger partial charge in [0.05, 0.1) is 18.0 Å². The van der Waals surface area contributed by atoms with Gasteiger partial charge in [0.25, 0.3) is 0 Å². The van der Waals surface area contributed by atoms with Crippen molar-refractivity contribution in [1.29, 1.82) is 0 Å². The van der Waals surface area contributed by atoms with Crippen LogP contribution >= 0.6 is 11.8 Å². The van der Waals surface area contributed by atoms with Gasteiger partial charge >= 0.3 is 0 Å². The van der Waals surface area contributed by atoms with E-state index in [9.17, 15) is 5.11 Å². The Morgan fingerprint density at radius 3 is 2.27 bits per heavy atom. The van der Waals surface area contributed by atoms with Crippen LogP contribution < -0.4 is 0 Å². The zero-order valence-corrected chi connectivity index (χ0v) is 15.2. The zero-order chi connectivity index (χ0) is 16.1. The molecule has 1 aliphatic carbocycles. The fraction of sp³-hybridized carbons (Fsp3) is 0.684. The standard InChI is InChI=1S/C19H30O2S/c1-13-10-14(2)18(15(3)11-13)19(17(20)12-21-4)22-16-8-6-5-7-9-16/h10-11,16-17,19-20H,5-9,12H2,1-4H3/t17-,19-/m0/s1. The molecule has 0 radical (unpaired) electrons. The monoisotopic (exact) mass is 322 g/mol. The molecule has 1 aromatic rings. The molecule has 0 amide bonds. The molecule has 2 rings (SSSR count). The SMILES string of the molecule is COC[C@H](O)[C@H](SC1CCCCC1)c1c(C)cc(C)cc1C. The molecule has 124 valence electrons. The van der Waals surface area contributed by atoms with Crippen molar-refractivity contribution >= 4 is 11.8 Å². The van der Waals surface area contributed by atoms with E-state index in [-0.39, 0.29) is 5.25 Å². The Hall–Kier alpha value is -0.510. The van der Waals surface area contributed by atoms with Crippen LogP contribution in [0, 0.1) is 20.8 Å². The number of benzene rings is 1. The molecule has 0 aliphatic heterocycles. The van der Waals surface area contributed by atoms with Crippen molar-refractivity contribution in [3.8, 4) is 0 Å². The van der Waals surface area contributed by atoms with Crippen LogP contribution in [0.25, 0.3) is 0 Å². The Morgan fingerprint density at radius 1 is 1.14 bits per heavy atom. The van der Waals surface area contributed by atoms with E-state index in [0.717, 1.165) is 0 Å². The predicted octanol–water partition coefficient (Wildman–Crippen LogP) is 4.73. The summed E-state index contributed by atoms with van der Waals surface area (Å²) < 4.78 is 5.24. The predicted molar refractivity (Wildman–Crippen MR) is 95.7 cm³/mol. The molecule has 0 unspecified atom stereocenters. The van der Waals surface area contributed by atoms with Crippen molar-refractivity contribution in [1.82, 2.24) is 0 Å². The summed E-state index contributed by atoms with van der Waals surface area (Å²) >= 11 is 1.97. The molecule has 2 nitrogen and oxygen atoms in total. The van der Waals surface area contributed by atoms with Gasteiger partial charge in [0.1, 0.15) is 0 Å². The third-order valence-corrected chi connectivity index (χ3v) is 6.30. The number of rotatable bonds is 6. The highest BCUT2D eigenvalue weighted by atomic mass is 32.2. The molecule has 0 bridgehead atoms. The summed E-state index contributed by atoms with van der Waals surface area (Å²) in [6, 6.07) is 4.46. The lowest BCUT2D eigenvalue weighted by Crippen LogP contribution is -2.25. The van der Waals surface area contributed by atoms with Gasteiger partial charge in [-0.2, -0.15) is 0 Å². The van der Waals surface area contributed by atoms with Crippen LogP contribution in [0.2, 0.25) is 0 Å². The van der Waals surface area contributed by atoms with Gasteiger partial charge in [-0.25, -0.2) is 0 Å². The lowest BCUT2D eigenvalue weighted by molar-refractivity contribution is 0.0628. The largest absolute Gasteiger partial charge is 0.389 e. The van der Waals surface area contributed by atoms with Crippen LogP contribution in [-0.4, -0.2) is 30.2 Å². The number of hydrogen-bond donors (Lipinski definition) is 1. The molecule has 1 saturated carbocycles. The van der Waals surface area contributed by atoms with Crippen molar-refractivity contribution in [2.75, 3.05) is 13.7 Å². The minimum atomic E-state index is -0.447. The zero-order valence-electron chi connectivity index (χ0n) is 14.4. The van der Waals surface area contributed by atoms with E-state index in [0.29, 0.717) is 11.9 Å². The van der Waals surface area contributed by atoms with Crippen molar-refractivity contribution in [2.24, 2.45) is 0 Å². The molecule has 2 atom stereocenters. The van der Waals surface area contributed by atoms with Crippen LogP contribution in [-0.2, 0) is 4.74 Å². The first-order valence-corrected chi connectivity index (χ1v) is 9.37. The average Bonchev–Trinajstić information content (AvgIpc) is 2.46. The van der Waals surface area contributed by atoms with E-state index >= 15 is 0 Å². The van der Waals surface area contributed by atoms with E-state index in [1.165, 1.54) is 54.4 Å². The van der Waals surface area contributed by atoms with E-state index in [1.807, 2.05) is 11.8 Å². The summed E-state index contributed by atoms with van der Waals surface area (Å²) in [5.74, 6) is 0. The maximum Gasteiger partial charge on any atom is 0.0932 e. The fourth-order valence-electron chi connectivity index (χ4n) is 3.66. The molecule has 0 spiro atoms. The number of hydrogen-bond acceptors (Lipinski definition) is 3. The third-order valence-electron chi connectivity index (χ3n) is 4.60. The second-order valence-electron chi connectivity index (χ2n) is 6.65. The van der Waals surface area contributed by atoms with Crippen LogP contribution in [0.5, 0.6) is 0 Å². The Morgan fingerprint density at radius 2 is 1.73 bits per heavy atom. The van der Waals surface area contributed by atoms with Gasteiger partial charge in [-0.1, -0.05) is 37.0 Å². The van der Waals surface area contributed by atoms with Crippen molar-refractivity contribution in [2.45, 2.75) is 69.5 Å². The first-order chi connectivity index (χ1) is 10.5. The molecular weight excluding hydrogens is 292 g/mol. The molecule has 1 aromatic carbocycles. The number of thioether (sulfide) groups is 1. The second kappa shape index (κ2) is 8.37. The van der Waals surface area contributed by atoms with Gasteiger partial charge in [0, 0.05) is 12.4 Å². The second-order valence-corrected chi connectivity index (χ2v) is 8.10. The van der Waals surface area contributed by atoms with Crippen molar-refractivity contribution < 1.29 is 9.84 Å². The molecule has 1 aliphatic rings. The highest BCUT2D eigenvalue weighted by molar-refractivity contribution is 8.00. The molecular formula is C19H30O2S. The normalized spacial score (nSPS) is 19.1. The highest BCUT2D eigenvalue weighted by Crippen LogP contribution is 2.43.